The Balaban J connectivity index is 2.30. The first-order chi connectivity index (χ1) is 10.1. The van der Waals surface area contributed by atoms with Crippen LogP contribution in [0.1, 0.15) is 38.6 Å². The van der Waals surface area contributed by atoms with Gasteiger partial charge in [0.05, 0.1) is 12.3 Å². The van der Waals surface area contributed by atoms with Gasteiger partial charge in [0, 0.05) is 12.0 Å². The predicted octanol–water partition coefficient (Wildman–Crippen LogP) is 3.56. The number of H-pyrrole nitrogens is 1. The lowest BCUT2D eigenvalue weighted by Crippen LogP contribution is -2.07. The molecule has 0 bridgehead atoms. The number of aryl methyl sites for hydroxylation is 1. The van der Waals surface area contributed by atoms with E-state index in [0.717, 1.165) is 30.0 Å². The number of ether oxygens (including phenoxy) is 1. The summed E-state index contributed by atoms with van der Waals surface area (Å²) in [7, 11) is 0. The minimum absolute atomic E-state index is 0.117. The van der Waals surface area contributed by atoms with Crippen molar-refractivity contribution in [2.24, 2.45) is 5.10 Å². The Morgan fingerprint density at radius 2 is 2.19 bits per heavy atom. The predicted molar refractivity (Wildman–Crippen MR) is 86.6 cm³/mol. The van der Waals surface area contributed by atoms with E-state index in [0.29, 0.717) is 4.77 Å². The summed E-state index contributed by atoms with van der Waals surface area (Å²) in [5.74, 6) is 1.64. The lowest BCUT2D eigenvalue weighted by Gasteiger charge is -2.11. The normalized spacial score (nSPS) is 11.4. The van der Waals surface area contributed by atoms with Crippen molar-refractivity contribution in [2.75, 3.05) is 0 Å². The largest absolute Gasteiger partial charge is 0.490 e. The van der Waals surface area contributed by atoms with E-state index in [2.05, 4.69) is 22.2 Å². The van der Waals surface area contributed by atoms with E-state index in [4.69, 9.17) is 17.0 Å². The zero-order valence-corrected chi connectivity index (χ0v) is 13.4. The van der Waals surface area contributed by atoms with Gasteiger partial charge < -0.3 is 4.74 Å². The van der Waals surface area contributed by atoms with Crippen molar-refractivity contribution < 1.29 is 4.74 Å². The van der Waals surface area contributed by atoms with Gasteiger partial charge in [0.1, 0.15) is 5.75 Å². The van der Waals surface area contributed by atoms with Crippen LogP contribution in [-0.4, -0.2) is 27.2 Å². The molecule has 112 valence electrons. The molecular weight excluding hydrogens is 284 g/mol. The van der Waals surface area contributed by atoms with Crippen LogP contribution in [0, 0.1) is 4.77 Å². The molecule has 0 aliphatic carbocycles. The highest BCUT2D eigenvalue weighted by atomic mass is 32.1. The number of aromatic amines is 1. The summed E-state index contributed by atoms with van der Waals surface area (Å²) >= 11 is 5.21. The molecule has 0 spiro atoms. The van der Waals surface area contributed by atoms with Crippen LogP contribution >= 0.6 is 12.2 Å². The van der Waals surface area contributed by atoms with Gasteiger partial charge in [-0.15, -0.1) is 0 Å². The fourth-order valence-electron chi connectivity index (χ4n) is 1.90. The van der Waals surface area contributed by atoms with Crippen LogP contribution in [-0.2, 0) is 6.42 Å². The van der Waals surface area contributed by atoms with Crippen molar-refractivity contribution in [3.05, 3.63) is 40.4 Å². The third kappa shape index (κ3) is 4.01. The molecule has 0 saturated heterocycles. The lowest BCUT2D eigenvalue weighted by atomic mass is 10.2. The minimum atomic E-state index is 0.117. The highest BCUT2D eigenvalue weighted by Crippen LogP contribution is 2.17. The Hall–Kier alpha value is -1.95. The first kappa shape index (κ1) is 15.4. The van der Waals surface area contributed by atoms with E-state index < -0.39 is 0 Å². The van der Waals surface area contributed by atoms with Gasteiger partial charge in [-0.05, 0) is 44.6 Å². The average molecular weight is 304 g/mol. The second-order valence-corrected chi connectivity index (χ2v) is 5.34. The van der Waals surface area contributed by atoms with Crippen LogP contribution in [0.5, 0.6) is 5.75 Å². The maximum atomic E-state index is 5.77. The Morgan fingerprint density at radius 3 is 2.90 bits per heavy atom. The number of hydrogen-bond acceptors (Lipinski definition) is 4. The number of para-hydroxylation sites is 1. The molecule has 1 N–H and O–H groups in total. The van der Waals surface area contributed by atoms with Crippen LogP contribution in [0.15, 0.2) is 29.4 Å². The molecule has 5 nitrogen and oxygen atoms in total. The molecule has 1 aromatic carbocycles. The molecule has 2 rings (SSSR count). The molecule has 0 atom stereocenters. The van der Waals surface area contributed by atoms with Crippen molar-refractivity contribution >= 4 is 18.4 Å². The van der Waals surface area contributed by atoms with Gasteiger partial charge in [-0.3, -0.25) is 5.10 Å². The summed E-state index contributed by atoms with van der Waals surface area (Å²) in [6.45, 7) is 6.09. The molecule has 21 heavy (non-hydrogen) atoms. The Morgan fingerprint density at radius 1 is 1.43 bits per heavy atom. The van der Waals surface area contributed by atoms with Gasteiger partial charge in [0.25, 0.3) is 0 Å². The monoisotopic (exact) mass is 304 g/mol. The summed E-state index contributed by atoms with van der Waals surface area (Å²) in [4.78, 5) is 0. The van der Waals surface area contributed by atoms with Crippen molar-refractivity contribution in [3.8, 4) is 5.75 Å². The maximum absolute atomic E-state index is 5.77. The molecule has 0 aliphatic rings. The molecule has 2 aromatic rings. The number of rotatable bonds is 6. The standard InChI is InChI=1S/C15H20N4OS/c1-4-7-14-17-18-15(21)19(14)16-10-12-8-5-6-9-13(12)20-11(2)3/h5-6,8-11H,4,7H2,1-3H3,(H,18,21)/b16-10+. The second kappa shape index (κ2) is 7.17. The fraction of sp³-hybridized carbons (Fsp3) is 0.400. The van der Waals surface area contributed by atoms with E-state index in [1.807, 2.05) is 38.1 Å². The Labute approximate surface area is 129 Å². The molecule has 0 unspecified atom stereocenters. The van der Waals surface area contributed by atoms with E-state index in [1.165, 1.54) is 0 Å². The molecule has 0 amide bonds. The molecule has 0 radical (unpaired) electrons. The highest BCUT2D eigenvalue weighted by molar-refractivity contribution is 7.71. The molecular formula is C15H20N4OS. The number of nitrogens with zero attached hydrogens (tertiary/aromatic N) is 3. The van der Waals surface area contributed by atoms with E-state index in [9.17, 15) is 0 Å². The second-order valence-electron chi connectivity index (χ2n) is 4.96. The topological polar surface area (TPSA) is 55.2 Å². The van der Waals surface area contributed by atoms with Crippen molar-refractivity contribution in [3.63, 3.8) is 0 Å². The summed E-state index contributed by atoms with van der Waals surface area (Å²) in [5, 5.41) is 11.4. The number of benzene rings is 1. The number of aromatic nitrogens is 3. The van der Waals surface area contributed by atoms with E-state index >= 15 is 0 Å². The Kier molecular flexibility index (Phi) is 5.27. The Bertz CT molecular complexity index is 672. The van der Waals surface area contributed by atoms with Crippen LogP contribution < -0.4 is 4.74 Å². The summed E-state index contributed by atoms with van der Waals surface area (Å²) < 4.78 is 7.93. The van der Waals surface area contributed by atoms with Crippen molar-refractivity contribution in [1.82, 2.24) is 14.9 Å². The molecule has 0 fully saturated rings. The number of hydrogen-bond donors (Lipinski definition) is 1. The maximum Gasteiger partial charge on any atom is 0.216 e. The van der Waals surface area contributed by atoms with E-state index in [1.54, 1.807) is 10.9 Å². The van der Waals surface area contributed by atoms with Crippen LogP contribution in [0.4, 0.5) is 0 Å². The average Bonchev–Trinajstić information content (AvgIpc) is 2.79. The zero-order chi connectivity index (χ0) is 15.2. The molecule has 0 saturated carbocycles. The van der Waals surface area contributed by atoms with Crippen LogP contribution in [0.2, 0.25) is 0 Å². The summed E-state index contributed by atoms with van der Waals surface area (Å²) in [6.07, 6.45) is 3.69. The third-order valence-electron chi connectivity index (χ3n) is 2.79. The van der Waals surface area contributed by atoms with Crippen molar-refractivity contribution in [2.45, 2.75) is 39.7 Å². The van der Waals surface area contributed by atoms with Crippen LogP contribution in [0.25, 0.3) is 0 Å². The van der Waals surface area contributed by atoms with Crippen molar-refractivity contribution in [1.29, 1.82) is 0 Å². The fourth-order valence-corrected chi connectivity index (χ4v) is 2.10. The minimum Gasteiger partial charge on any atom is -0.490 e. The van der Waals surface area contributed by atoms with E-state index in [-0.39, 0.29) is 6.10 Å². The zero-order valence-electron chi connectivity index (χ0n) is 12.5. The van der Waals surface area contributed by atoms with Crippen LogP contribution in [0.3, 0.4) is 0 Å². The van der Waals surface area contributed by atoms with Gasteiger partial charge >= 0.3 is 0 Å². The quantitative estimate of drug-likeness (QED) is 0.656. The van der Waals surface area contributed by atoms with Gasteiger partial charge in [0.15, 0.2) is 5.82 Å². The van der Waals surface area contributed by atoms with Gasteiger partial charge in [-0.2, -0.15) is 14.9 Å². The number of nitrogens with one attached hydrogen (secondary N) is 1. The molecule has 1 heterocycles. The SMILES string of the molecule is CCCc1n[nH]c(=S)n1/N=C/c1ccccc1OC(C)C. The molecule has 0 aliphatic heterocycles. The van der Waals surface area contributed by atoms with Gasteiger partial charge in [0.2, 0.25) is 4.77 Å². The first-order valence-corrected chi connectivity index (χ1v) is 7.49. The van der Waals surface area contributed by atoms with Gasteiger partial charge in [-0.25, -0.2) is 0 Å². The highest BCUT2D eigenvalue weighted by Gasteiger charge is 2.05. The molecule has 6 heteroatoms. The van der Waals surface area contributed by atoms with Gasteiger partial charge in [-0.1, -0.05) is 19.1 Å². The summed E-state index contributed by atoms with van der Waals surface area (Å²) in [6, 6.07) is 7.80. The third-order valence-corrected chi connectivity index (χ3v) is 3.05. The smallest absolute Gasteiger partial charge is 0.216 e. The molecule has 1 aromatic heterocycles. The summed E-state index contributed by atoms with van der Waals surface area (Å²) in [5.41, 5.74) is 0.914. The lowest BCUT2D eigenvalue weighted by molar-refractivity contribution is 0.242. The first-order valence-electron chi connectivity index (χ1n) is 7.08.